The number of ether oxygens (including phenoxy) is 1. The molecule has 0 atom stereocenters. The number of methoxy groups -OCH3 is 1. The summed E-state index contributed by atoms with van der Waals surface area (Å²) in [5, 5.41) is 6.62. The second-order valence-electron chi connectivity index (χ2n) is 6.25. The zero-order chi connectivity index (χ0) is 21.0. The van der Waals surface area contributed by atoms with E-state index in [1.54, 1.807) is 7.05 Å². The zero-order valence-corrected chi connectivity index (χ0v) is 15.8. The monoisotopic (exact) mass is 402 g/mol. The molecule has 11 heteroatoms. The second-order valence-corrected chi connectivity index (χ2v) is 6.25. The van der Waals surface area contributed by atoms with E-state index in [0.29, 0.717) is 24.5 Å². The largest absolute Gasteiger partial charge is 0.383 e. The van der Waals surface area contributed by atoms with Crippen molar-refractivity contribution in [2.75, 3.05) is 32.6 Å². The minimum absolute atomic E-state index is 0.0780. The van der Waals surface area contributed by atoms with Crippen LogP contribution in [0.2, 0.25) is 0 Å². The van der Waals surface area contributed by atoms with E-state index in [9.17, 15) is 18.8 Å². The topological polar surface area (TPSA) is 122 Å². The van der Waals surface area contributed by atoms with Gasteiger partial charge in [0.2, 0.25) is 5.91 Å². The van der Waals surface area contributed by atoms with Gasteiger partial charge >= 0.3 is 0 Å². The molecule has 0 fully saturated rings. The van der Waals surface area contributed by atoms with Crippen LogP contribution in [0.25, 0.3) is 5.65 Å². The van der Waals surface area contributed by atoms with Gasteiger partial charge < -0.3 is 19.9 Å². The van der Waals surface area contributed by atoms with Gasteiger partial charge in [-0.25, -0.2) is 9.37 Å². The van der Waals surface area contributed by atoms with Gasteiger partial charge in [0.05, 0.1) is 24.9 Å². The number of nitrogens with zero attached hydrogens (tertiary/aromatic N) is 4. The van der Waals surface area contributed by atoms with Crippen LogP contribution in [0.15, 0.2) is 35.4 Å². The van der Waals surface area contributed by atoms with Gasteiger partial charge in [0, 0.05) is 33.0 Å². The van der Waals surface area contributed by atoms with Crippen LogP contribution in [0, 0.1) is 5.82 Å². The van der Waals surface area contributed by atoms with Crippen molar-refractivity contribution < 1.29 is 18.7 Å². The van der Waals surface area contributed by atoms with Gasteiger partial charge in [0.15, 0.2) is 0 Å². The molecule has 0 saturated heterocycles. The molecule has 152 valence electrons. The number of carbonyl (C=O) groups excluding carboxylic acids is 2. The first-order valence-electron chi connectivity index (χ1n) is 8.65. The van der Waals surface area contributed by atoms with Crippen LogP contribution in [-0.4, -0.2) is 63.6 Å². The smallest absolute Gasteiger partial charge is 0.287 e. The molecule has 2 amide bonds. The summed E-state index contributed by atoms with van der Waals surface area (Å²) in [5.41, 5.74) is -0.0188. The Morgan fingerprint density at radius 3 is 2.86 bits per heavy atom. The number of fused-ring (bicyclic) bond motifs is 1. The van der Waals surface area contributed by atoms with Crippen LogP contribution >= 0.6 is 0 Å². The maximum Gasteiger partial charge on any atom is 0.287 e. The molecule has 2 N–H and O–H groups in total. The molecule has 3 heterocycles. The van der Waals surface area contributed by atoms with Gasteiger partial charge in [0.25, 0.3) is 11.5 Å². The van der Waals surface area contributed by atoms with E-state index in [4.69, 9.17) is 4.74 Å². The molecule has 0 bridgehead atoms. The number of nitrogens with one attached hydrogen (secondary N) is 2. The molecule has 0 spiro atoms. The summed E-state index contributed by atoms with van der Waals surface area (Å²) in [6, 6.07) is 4.04. The van der Waals surface area contributed by atoms with Gasteiger partial charge in [-0.3, -0.25) is 14.4 Å². The molecule has 10 nitrogen and oxygen atoms in total. The first kappa shape index (κ1) is 20.1. The Balaban J connectivity index is 1.77. The average Bonchev–Trinajstić information content (AvgIpc) is 3.11. The second kappa shape index (κ2) is 8.61. The van der Waals surface area contributed by atoms with E-state index in [-0.39, 0.29) is 17.8 Å². The minimum Gasteiger partial charge on any atom is -0.383 e. The fourth-order valence-corrected chi connectivity index (χ4v) is 2.59. The highest BCUT2D eigenvalue weighted by Crippen LogP contribution is 2.07. The Kier molecular flexibility index (Phi) is 5.98. The average molecular weight is 402 g/mol. The van der Waals surface area contributed by atoms with Crippen LogP contribution in [0.4, 0.5) is 10.2 Å². The summed E-state index contributed by atoms with van der Waals surface area (Å²) in [5.74, 6) is -1.22. The number of likely N-dealkylation sites (N-methyl/N-ethyl adjacent to an activating group) is 1. The third-order valence-corrected chi connectivity index (χ3v) is 4.09. The number of hydrogen-bond acceptors (Lipinski definition) is 6. The van der Waals surface area contributed by atoms with Gasteiger partial charge in [-0.15, -0.1) is 0 Å². The maximum absolute atomic E-state index is 12.9. The summed E-state index contributed by atoms with van der Waals surface area (Å²) >= 11 is 0. The SMILES string of the molecule is COCCN(C)C(=O)c1c[nH]c2cc(CC(=O)Nc3ccc(F)cn3)nn2c1=O. The van der Waals surface area contributed by atoms with Crippen LogP contribution in [0.3, 0.4) is 0 Å². The highest BCUT2D eigenvalue weighted by molar-refractivity contribution is 5.93. The Hall–Kier alpha value is -3.60. The Morgan fingerprint density at radius 2 is 2.17 bits per heavy atom. The molecular formula is C18H19FN6O4. The third kappa shape index (κ3) is 4.63. The van der Waals surface area contributed by atoms with E-state index < -0.39 is 23.2 Å². The van der Waals surface area contributed by atoms with E-state index in [1.807, 2.05) is 0 Å². The normalized spacial score (nSPS) is 10.9. The molecule has 3 aromatic rings. The van der Waals surface area contributed by atoms with Crippen molar-refractivity contribution in [3.63, 3.8) is 0 Å². The molecule has 0 radical (unpaired) electrons. The Labute approximate surface area is 164 Å². The molecule has 0 aliphatic rings. The summed E-state index contributed by atoms with van der Waals surface area (Å²) in [6.07, 6.45) is 2.17. The summed E-state index contributed by atoms with van der Waals surface area (Å²) < 4.78 is 18.8. The van der Waals surface area contributed by atoms with Crippen molar-refractivity contribution in [1.29, 1.82) is 0 Å². The first-order chi connectivity index (χ1) is 13.9. The van der Waals surface area contributed by atoms with Gasteiger partial charge in [-0.1, -0.05) is 0 Å². The molecule has 0 aliphatic heterocycles. The molecule has 0 unspecified atom stereocenters. The van der Waals surface area contributed by atoms with Gasteiger partial charge in [0.1, 0.15) is 22.8 Å². The number of aromatic nitrogens is 4. The van der Waals surface area contributed by atoms with Crippen molar-refractivity contribution in [3.05, 3.63) is 58.0 Å². The lowest BCUT2D eigenvalue weighted by Crippen LogP contribution is -2.35. The van der Waals surface area contributed by atoms with Crippen LogP contribution in [0.1, 0.15) is 16.1 Å². The number of rotatable bonds is 7. The molecule has 0 aromatic carbocycles. The summed E-state index contributed by atoms with van der Waals surface area (Å²) in [4.78, 5) is 45.2. The van der Waals surface area contributed by atoms with Gasteiger partial charge in [-0.05, 0) is 12.1 Å². The first-order valence-corrected chi connectivity index (χ1v) is 8.65. The third-order valence-electron chi connectivity index (χ3n) is 4.09. The Bertz CT molecular complexity index is 1090. The number of hydrogen-bond donors (Lipinski definition) is 2. The van der Waals surface area contributed by atoms with Crippen LogP contribution < -0.4 is 10.9 Å². The van der Waals surface area contributed by atoms with Gasteiger partial charge in [-0.2, -0.15) is 9.61 Å². The molecule has 3 aromatic heterocycles. The lowest BCUT2D eigenvalue weighted by Gasteiger charge is -2.15. The lowest BCUT2D eigenvalue weighted by molar-refractivity contribution is -0.115. The molecule has 0 aliphatic carbocycles. The zero-order valence-electron chi connectivity index (χ0n) is 15.8. The quantitative estimate of drug-likeness (QED) is 0.592. The maximum atomic E-state index is 12.9. The standard InChI is InChI=1S/C18H19FN6O4/c1-24(5-6-29-2)17(27)13-10-21-15-7-12(23-25(15)18(13)28)8-16(26)22-14-4-3-11(19)9-20-14/h3-4,7,9-10,21H,5-6,8H2,1-2H3,(H,20,22,26). The van der Waals surface area contributed by atoms with Crippen molar-refractivity contribution in [2.24, 2.45) is 0 Å². The van der Waals surface area contributed by atoms with Crippen molar-refractivity contribution in [3.8, 4) is 0 Å². The minimum atomic E-state index is -0.597. The number of amides is 2. The van der Waals surface area contributed by atoms with Crippen LogP contribution in [0.5, 0.6) is 0 Å². The van der Waals surface area contributed by atoms with E-state index >= 15 is 0 Å². The van der Waals surface area contributed by atoms with E-state index in [2.05, 4.69) is 20.4 Å². The molecule has 0 saturated carbocycles. The number of H-pyrrole nitrogens is 1. The van der Waals surface area contributed by atoms with Crippen molar-refractivity contribution in [1.82, 2.24) is 24.5 Å². The van der Waals surface area contributed by atoms with Crippen LogP contribution in [-0.2, 0) is 16.0 Å². The summed E-state index contributed by atoms with van der Waals surface area (Å²) in [6.45, 7) is 0.668. The van der Waals surface area contributed by atoms with Crippen molar-refractivity contribution >= 4 is 23.3 Å². The van der Waals surface area contributed by atoms with E-state index in [0.717, 1.165) is 10.7 Å². The lowest BCUT2D eigenvalue weighted by atomic mass is 10.3. The molecular weight excluding hydrogens is 383 g/mol. The Morgan fingerprint density at radius 1 is 1.38 bits per heavy atom. The molecule has 3 rings (SSSR count). The number of pyridine rings is 1. The number of aromatic amines is 1. The fraction of sp³-hybridized carbons (Fsp3) is 0.278. The highest BCUT2D eigenvalue weighted by Gasteiger charge is 2.19. The highest BCUT2D eigenvalue weighted by atomic mass is 19.1. The predicted molar refractivity (Wildman–Crippen MR) is 101 cm³/mol. The number of carbonyl (C=O) groups is 2. The fourth-order valence-electron chi connectivity index (χ4n) is 2.59. The molecule has 29 heavy (non-hydrogen) atoms. The van der Waals surface area contributed by atoms with E-state index in [1.165, 1.54) is 36.4 Å². The summed E-state index contributed by atoms with van der Waals surface area (Å²) in [7, 11) is 3.08. The van der Waals surface area contributed by atoms with Crippen molar-refractivity contribution in [2.45, 2.75) is 6.42 Å². The number of anilines is 1. The number of halogens is 1. The predicted octanol–water partition coefficient (Wildman–Crippen LogP) is 0.456.